The monoisotopic (exact) mass is 496 g/mol. The van der Waals surface area contributed by atoms with Crippen LogP contribution in [-0.2, 0) is 6.18 Å². The Morgan fingerprint density at radius 3 is 2.43 bits per heavy atom. The number of aryl methyl sites for hydroxylation is 1. The van der Waals surface area contributed by atoms with E-state index in [9.17, 15) is 18.0 Å². The molecular weight excluding hydrogens is 477 g/mol. The van der Waals surface area contributed by atoms with Crippen LogP contribution >= 0.6 is 11.6 Å². The summed E-state index contributed by atoms with van der Waals surface area (Å²) in [5.74, 6) is -0.578. The van der Waals surface area contributed by atoms with Crippen LogP contribution in [0.4, 0.5) is 24.5 Å². The molecule has 4 rings (SSSR count). The van der Waals surface area contributed by atoms with Crippen LogP contribution in [0.15, 0.2) is 84.1 Å². The molecule has 1 N–H and O–H groups in total. The van der Waals surface area contributed by atoms with Gasteiger partial charge in [0.1, 0.15) is 5.69 Å². The number of aromatic nitrogens is 2. The number of alkyl halides is 3. The van der Waals surface area contributed by atoms with Gasteiger partial charge in [0, 0.05) is 40.1 Å². The molecule has 178 valence electrons. The van der Waals surface area contributed by atoms with E-state index in [0.29, 0.717) is 22.0 Å². The molecule has 0 fully saturated rings. The van der Waals surface area contributed by atoms with Crippen LogP contribution in [0.5, 0.6) is 0 Å². The lowest BCUT2D eigenvalue weighted by Gasteiger charge is -2.12. The minimum absolute atomic E-state index is 0.0215. The number of carbonyl (C=O) groups is 1. The minimum Gasteiger partial charge on any atom is -0.324 e. The van der Waals surface area contributed by atoms with E-state index in [1.807, 2.05) is 53.4 Å². The summed E-state index contributed by atoms with van der Waals surface area (Å²) in [4.78, 5) is 20.9. The van der Waals surface area contributed by atoms with Crippen molar-refractivity contribution in [2.75, 3.05) is 5.32 Å². The number of halogens is 4. The third kappa shape index (κ3) is 5.60. The van der Waals surface area contributed by atoms with Crippen molar-refractivity contribution in [3.63, 3.8) is 0 Å². The predicted octanol–water partition coefficient (Wildman–Crippen LogP) is 7.25. The lowest BCUT2D eigenvalue weighted by atomic mass is 10.1. The van der Waals surface area contributed by atoms with Gasteiger partial charge in [0.2, 0.25) is 0 Å². The Hall–Kier alpha value is -3.91. The smallest absolute Gasteiger partial charge is 0.324 e. The van der Waals surface area contributed by atoms with Gasteiger partial charge in [-0.05, 0) is 74.5 Å². The number of benzene rings is 2. The van der Waals surface area contributed by atoms with Crippen molar-refractivity contribution in [3.05, 3.63) is 107 Å². The first-order valence-corrected chi connectivity index (χ1v) is 10.9. The number of carbonyl (C=O) groups excluding carboxylic acids is 1. The van der Waals surface area contributed by atoms with Crippen molar-refractivity contribution in [1.29, 1.82) is 0 Å². The van der Waals surface area contributed by atoms with Crippen molar-refractivity contribution in [2.45, 2.75) is 20.0 Å². The normalized spacial score (nSPS) is 12.0. The van der Waals surface area contributed by atoms with Crippen molar-refractivity contribution in [2.24, 2.45) is 4.99 Å². The summed E-state index contributed by atoms with van der Waals surface area (Å²) in [6.45, 7) is 3.16. The second-order valence-electron chi connectivity index (χ2n) is 7.78. The fourth-order valence-corrected chi connectivity index (χ4v) is 3.78. The maximum Gasteiger partial charge on any atom is 0.433 e. The third-order valence-electron chi connectivity index (χ3n) is 5.26. The number of anilines is 1. The molecule has 0 atom stereocenters. The average Bonchev–Trinajstić information content (AvgIpc) is 3.35. The Morgan fingerprint density at radius 1 is 1.00 bits per heavy atom. The highest BCUT2D eigenvalue weighted by Crippen LogP contribution is 2.29. The number of nitrogens with one attached hydrogen (secondary N) is 1. The van der Waals surface area contributed by atoms with E-state index >= 15 is 0 Å². The van der Waals surface area contributed by atoms with Gasteiger partial charge in [0.05, 0.1) is 16.9 Å². The SMILES string of the molecule is C/C(=N\c1cccc(-n2cccc2)c1)c1cc(NC(=O)c2ccc(C(F)(F)F)nc2C)ccc1Cl. The number of hydrogen-bond acceptors (Lipinski definition) is 3. The van der Waals surface area contributed by atoms with Gasteiger partial charge in [-0.1, -0.05) is 17.7 Å². The number of rotatable bonds is 5. The predicted molar refractivity (Wildman–Crippen MR) is 131 cm³/mol. The van der Waals surface area contributed by atoms with Gasteiger partial charge in [0.15, 0.2) is 0 Å². The number of nitrogens with zero attached hydrogens (tertiary/aromatic N) is 3. The van der Waals surface area contributed by atoms with E-state index in [1.165, 1.54) is 6.92 Å². The highest BCUT2D eigenvalue weighted by Gasteiger charge is 2.33. The molecule has 9 heteroatoms. The Morgan fingerprint density at radius 2 is 1.74 bits per heavy atom. The summed E-state index contributed by atoms with van der Waals surface area (Å²) in [6.07, 6.45) is -0.706. The summed E-state index contributed by atoms with van der Waals surface area (Å²) in [6, 6.07) is 18.3. The molecule has 0 bridgehead atoms. The maximum atomic E-state index is 12.9. The van der Waals surface area contributed by atoms with Gasteiger partial charge in [-0.3, -0.25) is 9.79 Å². The Kier molecular flexibility index (Phi) is 6.75. The molecule has 2 aromatic carbocycles. The topological polar surface area (TPSA) is 59.3 Å². The minimum atomic E-state index is -4.58. The van der Waals surface area contributed by atoms with E-state index in [-0.39, 0.29) is 11.3 Å². The summed E-state index contributed by atoms with van der Waals surface area (Å²) in [7, 11) is 0. The van der Waals surface area contributed by atoms with Gasteiger partial charge in [-0.25, -0.2) is 4.98 Å². The first kappa shape index (κ1) is 24.2. The van der Waals surface area contributed by atoms with Gasteiger partial charge in [-0.2, -0.15) is 13.2 Å². The van der Waals surface area contributed by atoms with Crippen molar-refractivity contribution < 1.29 is 18.0 Å². The van der Waals surface area contributed by atoms with Gasteiger partial charge in [0.25, 0.3) is 5.91 Å². The molecule has 0 unspecified atom stereocenters. The number of amides is 1. The zero-order chi connectivity index (χ0) is 25.2. The molecule has 0 spiro atoms. The van der Waals surface area contributed by atoms with Crippen molar-refractivity contribution in [1.82, 2.24) is 9.55 Å². The van der Waals surface area contributed by atoms with Crippen LogP contribution in [0.2, 0.25) is 5.02 Å². The lowest BCUT2D eigenvalue weighted by Crippen LogP contribution is -2.17. The van der Waals surface area contributed by atoms with Gasteiger partial charge in [-0.15, -0.1) is 0 Å². The molecule has 2 heterocycles. The van der Waals surface area contributed by atoms with E-state index in [0.717, 1.165) is 23.5 Å². The van der Waals surface area contributed by atoms with Crippen LogP contribution in [0.3, 0.4) is 0 Å². The molecule has 0 saturated carbocycles. The molecule has 0 aliphatic carbocycles. The molecule has 5 nitrogen and oxygen atoms in total. The van der Waals surface area contributed by atoms with Crippen LogP contribution < -0.4 is 5.32 Å². The lowest BCUT2D eigenvalue weighted by molar-refractivity contribution is -0.141. The summed E-state index contributed by atoms with van der Waals surface area (Å²) in [5.41, 5.74) is 2.31. The molecule has 0 saturated heterocycles. The number of pyridine rings is 1. The van der Waals surface area contributed by atoms with E-state index in [4.69, 9.17) is 11.6 Å². The maximum absolute atomic E-state index is 12.9. The van der Waals surface area contributed by atoms with E-state index in [2.05, 4.69) is 15.3 Å². The summed E-state index contributed by atoms with van der Waals surface area (Å²) in [5, 5.41) is 3.14. The Balaban J connectivity index is 1.57. The zero-order valence-electron chi connectivity index (χ0n) is 18.8. The van der Waals surface area contributed by atoms with Crippen LogP contribution in [-0.4, -0.2) is 21.2 Å². The molecule has 0 aliphatic rings. The van der Waals surface area contributed by atoms with Crippen LogP contribution in [0, 0.1) is 6.92 Å². The number of aliphatic imine (C=N–C) groups is 1. The van der Waals surface area contributed by atoms with E-state index in [1.54, 1.807) is 25.1 Å². The highest BCUT2D eigenvalue weighted by molar-refractivity contribution is 6.34. The molecule has 0 aliphatic heterocycles. The second kappa shape index (κ2) is 9.76. The number of hydrogen-bond donors (Lipinski definition) is 1. The van der Waals surface area contributed by atoms with E-state index < -0.39 is 17.8 Å². The first-order chi connectivity index (χ1) is 16.6. The largest absolute Gasteiger partial charge is 0.433 e. The fourth-order valence-electron chi connectivity index (χ4n) is 3.52. The standard InChI is InChI=1S/C26H20ClF3N4O/c1-16-21(9-11-24(32-16)26(28,29)30)25(35)33-19-8-10-23(27)22(15-19)17(2)31-18-6-5-7-20(14-18)34-12-3-4-13-34/h3-15H,1-2H3,(H,33,35)/b31-17+. The fraction of sp³-hybridized carbons (Fsp3) is 0.115. The molecule has 2 aromatic heterocycles. The quantitative estimate of drug-likeness (QED) is 0.296. The first-order valence-electron chi connectivity index (χ1n) is 10.6. The molecule has 1 amide bonds. The van der Waals surface area contributed by atoms with Crippen molar-refractivity contribution in [3.8, 4) is 5.69 Å². The van der Waals surface area contributed by atoms with Crippen LogP contribution in [0.25, 0.3) is 5.69 Å². The molecular formula is C26H20ClF3N4O. The Bertz CT molecular complexity index is 1410. The van der Waals surface area contributed by atoms with Crippen molar-refractivity contribution >= 4 is 34.6 Å². The van der Waals surface area contributed by atoms with Gasteiger partial charge < -0.3 is 9.88 Å². The average molecular weight is 497 g/mol. The second-order valence-corrected chi connectivity index (χ2v) is 8.19. The molecule has 4 aromatic rings. The Labute approximate surface area is 204 Å². The van der Waals surface area contributed by atoms with Crippen LogP contribution in [0.1, 0.15) is 34.2 Å². The highest BCUT2D eigenvalue weighted by atomic mass is 35.5. The molecule has 0 radical (unpaired) electrons. The zero-order valence-corrected chi connectivity index (χ0v) is 19.5. The van der Waals surface area contributed by atoms with Gasteiger partial charge >= 0.3 is 6.18 Å². The molecule has 35 heavy (non-hydrogen) atoms. The summed E-state index contributed by atoms with van der Waals surface area (Å²) >= 11 is 6.39. The summed E-state index contributed by atoms with van der Waals surface area (Å²) < 4.78 is 40.6. The third-order valence-corrected chi connectivity index (χ3v) is 5.59.